The second-order valence-corrected chi connectivity index (χ2v) is 5.98. The van der Waals surface area contributed by atoms with Crippen LogP contribution in [0.15, 0.2) is 110 Å². The molecule has 0 spiro atoms. The van der Waals surface area contributed by atoms with Gasteiger partial charge in [-0.3, -0.25) is 0 Å². The van der Waals surface area contributed by atoms with Crippen LogP contribution >= 0.6 is 0 Å². The average molecular weight is 337 g/mol. The highest BCUT2D eigenvalue weighted by Crippen LogP contribution is 2.24. The molecule has 0 aliphatic carbocycles. The first-order valence-electron chi connectivity index (χ1n) is 8.78. The van der Waals surface area contributed by atoms with Crippen molar-refractivity contribution in [1.29, 1.82) is 0 Å². The van der Waals surface area contributed by atoms with Gasteiger partial charge in [-0.25, -0.2) is 0 Å². The molecule has 0 bridgehead atoms. The van der Waals surface area contributed by atoms with Crippen LogP contribution in [0.5, 0.6) is 0 Å². The van der Waals surface area contributed by atoms with Gasteiger partial charge < -0.3 is 5.32 Å². The molecule has 0 amide bonds. The zero-order valence-corrected chi connectivity index (χ0v) is 15.0. The summed E-state index contributed by atoms with van der Waals surface area (Å²) in [5, 5.41) is 3.46. The molecule has 0 aliphatic rings. The zero-order valence-electron chi connectivity index (χ0n) is 15.0. The molecular weight excluding hydrogens is 314 g/mol. The van der Waals surface area contributed by atoms with E-state index in [1.165, 1.54) is 22.3 Å². The van der Waals surface area contributed by atoms with Crippen LogP contribution in [0.2, 0.25) is 0 Å². The molecule has 0 atom stereocenters. The van der Waals surface area contributed by atoms with Crippen molar-refractivity contribution in [2.24, 2.45) is 0 Å². The molecule has 128 valence electrons. The molecule has 0 aromatic heterocycles. The number of allylic oxidation sites excluding steroid dienone is 5. The van der Waals surface area contributed by atoms with E-state index in [-0.39, 0.29) is 0 Å². The third-order valence-electron chi connectivity index (χ3n) is 4.22. The summed E-state index contributed by atoms with van der Waals surface area (Å²) in [5.74, 6) is 0. The maximum Gasteiger partial charge on any atom is 0.0384 e. The molecule has 3 rings (SSSR count). The Labute approximate surface area is 156 Å². The summed E-state index contributed by atoms with van der Waals surface area (Å²) >= 11 is 0. The first-order valence-corrected chi connectivity index (χ1v) is 8.78. The van der Waals surface area contributed by atoms with Gasteiger partial charge in [-0.2, -0.15) is 0 Å². The fourth-order valence-electron chi connectivity index (χ4n) is 2.82. The topological polar surface area (TPSA) is 12.0 Å². The van der Waals surface area contributed by atoms with Crippen LogP contribution in [0.1, 0.15) is 12.5 Å². The van der Waals surface area contributed by atoms with Crippen molar-refractivity contribution in [2.45, 2.75) is 6.92 Å². The number of nitrogens with one attached hydrogen (secondary N) is 1. The van der Waals surface area contributed by atoms with Crippen molar-refractivity contribution in [1.82, 2.24) is 0 Å². The molecule has 0 heterocycles. The van der Waals surface area contributed by atoms with Crippen LogP contribution in [-0.2, 0) is 0 Å². The molecule has 1 heteroatoms. The van der Waals surface area contributed by atoms with Gasteiger partial charge in [-0.05, 0) is 53.5 Å². The van der Waals surface area contributed by atoms with Crippen molar-refractivity contribution >= 4 is 16.9 Å². The zero-order chi connectivity index (χ0) is 18.2. The summed E-state index contributed by atoms with van der Waals surface area (Å²) in [7, 11) is 0. The molecule has 0 unspecified atom stereocenters. The number of rotatable bonds is 6. The van der Waals surface area contributed by atoms with Gasteiger partial charge >= 0.3 is 0 Å². The van der Waals surface area contributed by atoms with Crippen LogP contribution in [0.3, 0.4) is 0 Å². The monoisotopic (exact) mass is 337 g/mol. The lowest BCUT2D eigenvalue weighted by molar-refractivity contribution is 1.52. The maximum atomic E-state index is 3.72. The van der Waals surface area contributed by atoms with E-state index >= 15 is 0 Å². The lowest BCUT2D eigenvalue weighted by atomic mass is 10.0. The van der Waals surface area contributed by atoms with Gasteiger partial charge in [0.05, 0.1) is 0 Å². The number of hydrogen-bond donors (Lipinski definition) is 1. The Hall–Kier alpha value is -3.32. The first kappa shape index (κ1) is 17.5. The molecule has 26 heavy (non-hydrogen) atoms. The van der Waals surface area contributed by atoms with Crippen LogP contribution in [0, 0.1) is 0 Å². The highest BCUT2D eigenvalue weighted by molar-refractivity contribution is 5.76. The predicted molar refractivity (Wildman–Crippen MR) is 115 cm³/mol. The molecule has 0 saturated heterocycles. The summed E-state index contributed by atoms with van der Waals surface area (Å²) in [6.45, 7) is 5.77. The second-order valence-electron chi connectivity index (χ2n) is 5.98. The number of hydrogen-bond acceptors (Lipinski definition) is 1. The van der Waals surface area contributed by atoms with Crippen LogP contribution < -0.4 is 5.32 Å². The normalized spacial score (nSPS) is 11.5. The van der Waals surface area contributed by atoms with E-state index in [0.29, 0.717) is 0 Å². The van der Waals surface area contributed by atoms with Gasteiger partial charge in [0, 0.05) is 11.4 Å². The Morgan fingerprint density at radius 2 is 1.35 bits per heavy atom. The van der Waals surface area contributed by atoms with Gasteiger partial charge in [0.25, 0.3) is 0 Å². The van der Waals surface area contributed by atoms with Gasteiger partial charge in [0.15, 0.2) is 0 Å². The Morgan fingerprint density at radius 1 is 0.769 bits per heavy atom. The van der Waals surface area contributed by atoms with Gasteiger partial charge in [0.1, 0.15) is 0 Å². The Kier molecular flexibility index (Phi) is 5.84. The lowest BCUT2D eigenvalue weighted by Crippen LogP contribution is -1.91. The molecular formula is C25H23N. The standard InChI is InChI=1S/C25H23N/c1-3-5-9-20(4-2)22-12-16-24(17-13-22)26-25-18-14-23(15-19-25)21-10-7-6-8-11-21/h3-19,26H,1H2,2H3. The molecule has 0 aliphatic heterocycles. The Bertz CT molecular complexity index is 899. The molecule has 3 aromatic rings. The van der Waals surface area contributed by atoms with E-state index in [1.807, 2.05) is 19.1 Å². The summed E-state index contributed by atoms with van der Waals surface area (Å²) in [5.41, 5.74) is 6.98. The maximum absolute atomic E-state index is 3.72. The number of anilines is 2. The van der Waals surface area contributed by atoms with E-state index in [1.54, 1.807) is 6.08 Å². The summed E-state index contributed by atoms with van der Waals surface area (Å²) in [6, 6.07) is 27.4. The van der Waals surface area contributed by atoms with Gasteiger partial charge in [-0.1, -0.05) is 85.5 Å². The van der Waals surface area contributed by atoms with Crippen LogP contribution in [0.4, 0.5) is 11.4 Å². The highest BCUT2D eigenvalue weighted by atomic mass is 14.9. The van der Waals surface area contributed by atoms with Crippen molar-refractivity contribution in [3.8, 4) is 11.1 Å². The van der Waals surface area contributed by atoms with Crippen LogP contribution in [-0.4, -0.2) is 0 Å². The molecule has 1 N–H and O–H groups in total. The van der Waals surface area contributed by atoms with Crippen LogP contribution in [0.25, 0.3) is 16.7 Å². The summed E-state index contributed by atoms with van der Waals surface area (Å²) in [4.78, 5) is 0. The molecule has 0 radical (unpaired) electrons. The van der Waals surface area contributed by atoms with E-state index < -0.39 is 0 Å². The van der Waals surface area contributed by atoms with Crippen molar-refractivity contribution in [3.63, 3.8) is 0 Å². The molecule has 3 aromatic carbocycles. The molecule has 1 nitrogen and oxygen atoms in total. The second kappa shape index (κ2) is 8.68. The minimum Gasteiger partial charge on any atom is -0.356 e. The third-order valence-corrected chi connectivity index (χ3v) is 4.22. The fourth-order valence-corrected chi connectivity index (χ4v) is 2.82. The summed E-state index contributed by atoms with van der Waals surface area (Å²) in [6.07, 6.45) is 7.91. The largest absolute Gasteiger partial charge is 0.356 e. The average Bonchev–Trinajstić information content (AvgIpc) is 2.71. The van der Waals surface area contributed by atoms with E-state index in [2.05, 4.69) is 96.8 Å². The minimum atomic E-state index is 1.07. The number of benzene rings is 3. The Balaban J connectivity index is 1.71. The fraction of sp³-hybridized carbons (Fsp3) is 0.0400. The Morgan fingerprint density at radius 3 is 1.92 bits per heavy atom. The SMILES string of the molecule is C=CC=CC(=CC)c1ccc(Nc2ccc(-c3ccccc3)cc2)cc1. The quantitative estimate of drug-likeness (QED) is 0.467. The highest BCUT2D eigenvalue weighted by Gasteiger charge is 2.00. The van der Waals surface area contributed by atoms with E-state index in [0.717, 1.165) is 11.4 Å². The summed E-state index contributed by atoms with van der Waals surface area (Å²) < 4.78 is 0. The van der Waals surface area contributed by atoms with E-state index in [9.17, 15) is 0 Å². The van der Waals surface area contributed by atoms with E-state index in [4.69, 9.17) is 0 Å². The molecule has 0 fully saturated rings. The predicted octanol–water partition coefficient (Wildman–Crippen LogP) is 7.24. The van der Waals surface area contributed by atoms with Crippen molar-refractivity contribution < 1.29 is 0 Å². The van der Waals surface area contributed by atoms with Crippen molar-refractivity contribution in [3.05, 3.63) is 115 Å². The first-order chi connectivity index (χ1) is 12.8. The lowest BCUT2D eigenvalue weighted by Gasteiger charge is -2.09. The van der Waals surface area contributed by atoms with Gasteiger partial charge in [0.2, 0.25) is 0 Å². The minimum absolute atomic E-state index is 1.07. The van der Waals surface area contributed by atoms with Crippen molar-refractivity contribution in [2.75, 3.05) is 5.32 Å². The molecule has 0 saturated carbocycles. The van der Waals surface area contributed by atoms with Gasteiger partial charge in [-0.15, -0.1) is 0 Å². The third kappa shape index (κ3) is 4.40. The smallest absolute Gasteiger partial charge is 0.0384 e.